The maximum atomic E-state index is 12.4. The largest absolute Gasteiger partial charge is 0.328 e. The van der Waals surface area contributed by atoms with Crippen molar-refractivity contribution in [2.45, 2.75) is 13.5 Å². The minimum Gasteiger partial charge on any atom is -0.328 e. The number of hydrogen-bond donors (Lipinski definition) is 1. The molecular weight excluding hydrogens is 316 g/mol. The third-order valence-electron chi connectivity index (χ3n) is 4.08. The molecule has 2 heterocycles. The van der Waals surface area contributed by atoms with E-state index in [1.54, 1.807) is 11.0 Å². The van der Waals surface area contributed by atoms with Crippen molar-refractivity contribution in [2.75, 3.05) is 26.2 Å². The van der Waals surface area contributed by atoms with Crippen molar-refractivity contribution in [3.63, 3.8) is 0 Å². The lowest BCUT2D eigenvalue weighted by Gasteiger charge is -2.32. The Morgan fingerprint density at radius 2 is 2.05 bits per heavy atom. The smallest absolute Gasteiger partial charge is 0.264 e. The van der Waals surface area contributed by atoms with Gasteiger partial charge in [-0.2, -0.15) is 0 Å². The lowest BCUT2D eigenvalue weighted by Crippen LogP contribution is -3.13. The van der Waals surface area contributed by atoms with E-state index in [1.165, 1.54) is 22.5 Å². The van der Waals surface area contributed by atoms with Gasteiger partial charge in [0.25, 0.3) is 5.91 Å². The molecule has 22 heavy (non-hydrogen) atoms. The molecule has 1 amide bonds. The van der Waals surface area contributed by atoms with Gasteiger partial charge in [0.05, 0.1) is 35.4 Å². The highest BCUT2D eigenvalue weighted by atomic mass is 35.5. The van der Waals surface area contributed by atoms with Gasteiger partial charge < -0.3 is 9.80 Å². The quantitative estimate of drug-likeness (QED) is 0.914. The Morgan fingerprint density at radius 3 is 2.68 bits per heavy atom. The summed E-state index contributed by atoms with van der Waals surface area (Å²) in [5.41, 5.74) is 2.68. The van der Waals surface area contributed by atoms with E-state index < -0.39 is 0 Å². The van der Waals surface area contributed by atoms with Crippen LogP contribution in [0, 0.1) is 6.92 Å². The number of amides is 1. The van der Waals surface area contributed by atoms with Crippen LogP contribution in [0.1, 0.15) is 20.8 Å². The highest BCUT2D eigenvalue weighted by Gasteiger charge is 2.25. The summed E-state index contributed by atoms with van der Waals surface area (Å²) in [6.07, 6.45) is 0. The van der Waals surface area contributed by atoms with Crippen LogP contribution in [0.2, 0.25) is 4.34 Å². The first-order chi connectivity index (χ1) is 10.6. The molecule has 0 unspecified atom stereocenters. The number of carbonyl (C=O) groups is 1. The van der Waals surface area contributed by atoms with Crippen molar-refractivity contribution >= 4 is 28.8 Å². The van der Waals surface area contributed by atoms with Gasteiger partial charge in [-0.25, -0.2) is 0 Å². The Balaban J connectivity index is 1.55. The van der Waals surface area contributed by atoms with E-state index in [0.717, 1.165) is 37.6 Å². The van der Waals surface area contributed by atoms with Crippen LogP contribution in [0.5, 0.6) is 0 Å². The summed E-state index contributed by atoms with van der Waals surface area (Å²) < 4.78 is 0.673. The first-order valence-corrected chi connectivity index (χ1v) is 8.75. The standard InChI is InChI=1S/C17H19ClN2OS/c1-13-3-2-4-14(11-13)12-19-7-9-20(10-8-19)17(21)15-5-6-16(18)22-15/h2-6,11H,7-10,12H2,1H3/p+1. The zero-order valence-electron chi connectivity index (χ0n) is 12.6. The van der Waals surface area contributed by atoms with Crippen LogP contribution < -0.4 is 4.90 Å². The molecule has 1 fully saturated rings. The number of aryl methyl sites for hydroxylation is 1. The van der Waals surface area contributed by atoms with E-state index in [-0.39, 0.29) is 5.91 Å². The Hall–Kier alpha value is -1.36. The van der Waals surface area contributed by atoms with Gasteiger partial charge in [0.1, 0.15) is 6.54 Å². The molecule has 1 aliphatic rings. The molecule has 0 aliphatic carbocycles. The van der Waals surface area contributed by atoms with Crippen LogP contribution in [0.3, 0.4) is 0 Å². The summed E-state index contributed by atoms with van der Waals surface area (Å²) in [5, 5.41) is 0. The molecule has 1 aromatic carbocycles. The van der Waals surface area contributed by atoms with Crippen molar-refractivity contribution in [3.05, 3.63) is 56.7 Å². The third-order valence-corrected chi connectivity index (χ3v) is 5.30. The lowest BCUT2D eigenvalue weighted by atomic mass is 10.1. The Bertz CT molecular complexity index is 662. The number of piperazine rings is 1. The van der Waals surface area contributed by atoms with Gasteiger partial charge in [0.15, 0.2) is 0 Å². The number of nitrogens with zero attached hydrogens (tertiary/aromatic N) is 1. The molecule has 1 N–H and O–H groups in total. The van der Waals surface area contributed by atoms with Gasteiger partial charge in [-0.05, 0) is 19.1 Å². The monoisotopic (exact) mass is 335 g/mol. The number of halogens is 1. The highest BCUT2D eigenvalue weighted by Crippen LogP contribution is 2.22. The maximum absolute atomic E-state index is 12.4. The first kappa shape index (κ1) is 15.5. The molecule has 0 atom stereocenters. The summed E-state index contributed by atoms with van der Waals surface area (Å²) in [4.78, 5) is 16.6. The van der Waals surface area contributed by atoms with E-state index in [2.05, 4.69) is 31.2 Å². The number of rotatable bonds is 3. The third kappa shape index (κ3) is 3.69. The molecule has 1 saturated heterocycles. The summed E-state index contributed by atoms with van der Waals surface area (Å²) in [5.74, 6) is 0.117. The molecule has 2 aromatic rings. The molecule has 0 radical (unpaired) electrons. The van der Waals surface area contributed by atoms with Crippen molar-refractivity contribution in [2.24, 2.45) is 0 Å². The second-order valence-electron chi connectivity index (χ2n) is 5.81. The average molecular weight is 336 g/mol. The Kier molecular flexibility index (Phi) is 4.81. The Labute approximate surface area is 140 Å². The molecule has 0 spiro atoms. The molecule has 116 valence electrons. The first-order valence-electron chi connectivity index (χ1n) is 7.55. The molecular formula is C17H20ClN2OS+. The van der Waals surface area contributed by atoms with Crippen LogP contribution >= 0.6 is 22.9 Å². The number of nitrogens with one attached hydrogen (secondary N) is 1. The predicted octanol–water partition coefficient (Wildman–Crippen LogP) is 2.25. The van der Waals surface area contributed by atoms with Crippen molar-refractivity contribution in [3.8, 4) is 0 Å². The van der Waals surface area contributed by atoms with E-state index in [1.807, 2.05) is 11.0 Å². The molecule has 3 rings (SSSR count). The van der Waals surface area contributed by atoms with Gasteiger partial charge in [0.2, 0.25) is 0 Å². The zero-order valence-corrected chi connectivity index (χ0v) is 14.2. The summed E-state index contributed by atoms with van der Waals surface area (Å²) in [7, 11) is 0. The van der Waals surface area contributed by atoms with Crippen LogP contribution in [-0.2, 0) is 6.54 Å². The topological polar surface area (TPSA) is 24.8 Å². The molecule has 5 heteroatoms. The second kappa shape index (κ2) is 6.82. The number of carbonyl (C=O) groups excluding carboxylic acids is 1. The van der Waals surface area contributed by atoms with Crippen LogP contribution in [0.25, 0.3) is 0 Å². The molecule has 1 aromatic heterocycles. The lowest BCUT2D eigenvalue weighted by molar-refractivity contribution is -0.917. The van der Waals surface area contributed by atoms with Crippen molar-refractivity contribution in [1.29, 1.82) is 0 Å². The van der Waals surface area contributed by atoms with E-state index in [9.17, 15) is 4.79 Å². The second-order valence-corrected chi connectivity index (χ2v) is 7.53. The molecule has 1 aliphatic heterocycles. The highest BCUT2D eigenvalue weighted by molar-refractivity contribution is 7.17. The molecule has 3 nitrogen and oxygen atoms in total. The van der Waals surface area contributed by atoms with Crippen LogP contribution in [0.15, 0.2) is 36.4 Å². The fraction of sp³-hybridized carbons (Fsp3) is 0.353. The minimum absolute atomic E-state index is 0.117. The van der Waals surface area contributed by atoms with Crippen molar-refractivity contribution in [1.82, 2.24) is 4.90 Å². The fourth-order valence-corrected chi connectivity index (χ4v) is 3.91. The zero-order chi connectivity index (χ0) is 15.5. The minimum atomic E-state index is 0.117. The normalized spacial score (nSPS) is 16.0. The van der Waals surface area contributed by atoms with E-state index >= 15 is 0 Å². The molecule has 0 bridgehead atoms. The van der Waals surface area contributed by atoms with Gasteiger partial charge in [0, 0.05) is 5.56 Å². The summed E-state index contributed by atoms with van der Waals surface area (Å²) >= 11 is 7.28. The van der Waals surface area contributed by atoms with Gasteiger partial charge >= 0.3 is 0 Å². The number of hydrogen-bond acceptors (Lipinski definition) is 2. The van der Waals surface area contributed by atoms with Gasteiger partial charge in [-0.15, -0.1) is 11.3 Å². The maximum Gasteiger partial charge on any atom is 0.264 e. The van der Waals surface area contributed by atoms with Crippen LogP contribution in [-0.4, -0.2) is 37.0 Å². The SMILES string of the molecule is Cc1cccc(C[NH+]2CCN(C(=O)c3ccc(Cl)s3)CC2)c1. The van der Waals surface area contributed by atoms with Crippen molar-refractivity contribution < 1.29 is 9.69 Å². The number of benzene rings is 1. The van der Waals surface area contributed by atoms with Gasteiger partial charge in [-0.1, -0.05) is 41.4 Å². The van der Waals surface area contributed by atoms with E-state index in [4.69, 9.17) is 11.6 Å². The Morgan fingerprint density at radius 1 is 1.27 bits per heavy atom. The average Bonchev–Trinajstić information content (AvgIpc) is 2.94. The van der Waals surface area contributed by atoms with E-state index in [0.29, 0.717) is 4.34 Å². The number of quaternary nitrogens is 1. The summed E-state index contributed by atoms with van der Waals surface area (Å²) in [6.45, 7) is 6.79. The summed E-state index contributed by atoms with van der Waals surface area (Å²) in [6, 6.07) is 12.3. The number of thiophene rings is 1. The fourth-order valence-electron chi connectivity index (χ4n) is 2.90. The molecule has 0 saturated carbocycles. The predicted molar refractivity (Wildman–Crippen MR) is 90.8 cm³/mol. The van der Waals surface area contributed by atoms with Gasteiger partial charge in [-0.3, -0.25) is 4.79 Å². The van der Waals surface area contributed by atoms with Crippen LogP contribution in [0.4, 0.5) is 0 Å².